The van der Waals surface area contributed by atoms with Crippen molar-refractivity contribution in [1.29, 1.82) is 0 Å². The highest BCUT2D eigenvalue weighted by molar-refractivity contribution is 6.28. The molecule has 1 aliphatic heterocycles. The third-order valence-electron chi connectivity index (χ3n) is 2.88. The number of nitrogens with two attached hydrogens (primary N) is 1. The average Bonchev–Trinajstić information content (AvgIpc) is 2.87. The summed E-state index contributed by atoms with van der Waals surface area (Å²) < 4.78 is 0. The summed E-state index contributed by atoms with van der Waals surface area (Å²) >= 11 is 5.67. The number of nitrogens with zero attached hydrogens (tertiary/aromatic N) is 3. The Morgan fingerprint density at radius 1 is 1.50 bits per heavy atom. The quantitative estimate of drug-likeness (QED) is 0.801. The number of nitrogens with one attached hydrogen (secondary N) is 1. The van der Waals surface area contributed by atoms with Gasteiger partial charge in [-0.2, -0.15) is 4.98 Å². The number of carbonyl (C=O) groups is 1. The molecule has 0 radical (unpaired) electrons. The molecule has 7 heteroatoms. The highest BCUT2D eigenvalue weighted by Gasteiger charge is 2.17. The van der Waals surface area contributed by atoms with Crippen molar-refractivity contribution in [2.24, 2.45) is 0 Å². The molecule has 0 aliphatic carbocycles. The summed E-state index contributed by atoms with van der Waals surface area (Å²) in [4.78, 5) is 21.4. The number of hydrogen-bond acceptors (Lipinski definition) is 5. The van der Waals surface area contributed by atoms with Crippen molar-refractivity contribution in [1.82, 2.24) is 14.9 Å². The van der Waals surface area contributed by atoms with Gasteiger partial charge < -0.3 is 16.0 Å². The number of hydrogen-bond donors (Lipinski definition) is 2. The number of amides is 1. The number of nitrogen functional groups attached to an aromatic ring is 1. The lowest BCUT2D eigenvalue weighted by Gasteiger charge is -2.15. The van der Waals surface area contributed by atoms with E-state index in [0.717, 1.165) is 25.9 Å². The van der Waals surface area contributed by atoms with Crippen LogP contribution in [-0.2, 0) is 4.79 Å². The second-order valence-electron chi connectivity index (χ2n) is 4.21. The Balaban J connectivity index is 1.81. The minimum atomic E-state index is 0.137. The van der Waals surface area contributed by atoms with Crippen LogP contribution in [0.5, 0.6) is 0 Å². The van der Waals surface area contributed by atoms with Crippen molar-refractivity contribution < 1.29 is 4.79 Å². The third kappa shape index (κ3) is 3.22. The van der Waals surface area contributed by atoms with E-state index in [1.807, 2.05) is 4.90 Å². The Morgan fingerprint density at radius 3 is 2.94 bits per heavy atom. The van der Waals surface area contributed by atoms with Crippen molar-refractivity contribution in [3.63, 3.8) is 0 Å². The summed E-state index contributed by atoms with van der Waals surface area (Å²) in [6.45, 7) is 2.24. The van der Waals surface area contributed by atoms with Crippen LogP contribution in [-0.4, -0.2) is 40.4 Å². The highest BCUT2D eigenvalue weighted by Crippen LogP contribution is 2.16. The van der Waals surface area contributed by atoms with Crippen LogP contribution in [0.25, 0.3) is 0 Å². The molecular weight excluding hydrogens is 254 g/mol. The van der Waals surface area contributed by atoms with Gasteiger partial charge in [-0.25, -0.2) is 4.98 Å². The van der Waals surface area contributed by atoms with Crippen molar-refractivity contribution in [2.75, 3.05) is 30.7 Å². The van der Waals surface area contributed by atoms with Gasteiger partial charge in [0.1, 0.15) is 0 Å². The lowest BCUT2D eigenvalue weighted by atomic mass is 10.3. The summed E-state index contributed by atoms with van der Waals surface area (Å²) in [6, 6.07) is 0. The predicted molar refractivity (Wildman–Crippen MR) is 70.4 cm³/mol. The van der Waals surface area contributed by atoms with E-state index in [0.29, 0.717) is 24.5 Å². The Hall–Kier alpha value is -1.56. The van der Waals surface area contributed by atoms with Gasteiger partial charge in [0.25, 0.3) is 0 Å². The second-order valence-corrected chi connectivity index (χ2v) is 4.55. The summed E-state index contributed by atoms with van der Waals surface area (Å²) in [5, 5.41) is 3.14. The van der Waals surface area contributed by atoms with Crippen LogP contribution in [0, 0.1) is 0 Å². The summed E-state index contributed by atoms with van der Waals surface area (Å²) in [6.07, 6.45) is 4.09. The van der Waals surface area contributed by atoms with E-state index in [-0.39, 0.29) is 11.2 Å². The second kappa shape index (κ2) is 5.86. The lowest BCUT2D eigenvalue weighted by Crippen LogP contribution is -2.29. The van der Waals surface area contributed by atoms with Crippen LogP contribution in [0.2, 0.25) is 5.28 Å². The molecule has 1 saturated heterocycles. The maximum Gasteiger partial charge on any atom is 0.224 e. The summed E-state index contributed by atoms with van der Waals surface area (Å²) in [5.41, 5.74) is 6.11. The van der Waals surface area contributed by atoms with Crippen LogP contribution in [0.3, 0.4) is 0 Å². The number of rotatable bonds is 4. The standard InChI is InChI=1S/C11H16ClN5O/c12-11-15-7-8(13)10(16-11)14-4-3-9(18)17-5-1-2-6-17/h7H,1-6,13H2,(H,14,15,16). The Bertz CT molecular complexity index is 433. The summed E-state index contributed by atoms with van der Waals surface area (Å²) in [5.74, 6) is 0.642. The molecule has 0 bridgehead atoms. The number of carbonyl (C=O) groups excluding carboxylic acids is 1. The summed E-state index contributed by atoms with van der Waals surface area (Å²) in [7, 11) is 0. The van der Waals surface area contributed by atoms with Crippen LogP contribution in [0.1, 0.15) is 19.3 Å². The van der Waals surface area contributed by atoms with E-state index in [4.69, 9.17) is 17.3 Å². The molecule has 18 heavy (non-hydrogen) atoms. The average molecular weight is 270 g/mol. The van der Waals surface area contributed by atoms with Gasteiger partial charge >= 0.3 is 0 Å². The lowest BCUT2D eigenvalue weighted by molar-refractivity contribution is -0.129. The molecule has 1 aromatic heterocycles. The predicted octanol–water partition coefficient (Wildman–Crippen LogP) is 1.14. The van der Waals surface area contributed by atoms with Gasteiger partial charge in [-0.3, -0.25) is 4.79 Å². The molecule has 1 fully saturated rings. The molecule has 98 valence electrons. The first-order valence-electron chi connectivity index (χ1n) is 5.96. The highest BCUT2D eigenvalue weighted by atomic mass is 35.5. The molecular formula is C11H16ClN5O. The van der Waals surface area contributed by atoms with Crippen molar-refractivity contribution in [3.05, 3.63) is 11.5 Å². The minimum Gasteiger partial charge on any atom is -0.394 e. The molecule has 3 N–H and O–H groups in total. The largest absolute Gasteiger partial charge is 0.394 e. The van der Waals surface area contributed by atoms with E-state index in [2.05, 4.69) is 15.3 Å². The van der Waals surface area contributed by atoms with Gasteiger partial charge in [0, 0.05) is 26.1 Å². The Kier molecular flexibility index (Phi) is 4.19. The van der Waals surface area contributed by atoms with Crippen LogP contribution < -0.4 is 11.1 Å². The minimum absolute atomic E-state index is 0.137. The fourth-order valence-corrected chi connectivity index (χ4v) is 2.06. The van der Waals surface area contributed by atoms with Crippen molar-refractivity contribution >= 4 is 29.0 Å². The van der Waals surface area contributed by atoms with Gasteiger partial charge in [-0.1, -0.05) is 0 Å². The molecule has 0 atom stereocenters. The van der Waals surface area contributed by atoms with Crippen LogP contribution in [0.4, 0.5) is 11.5 Å². The normalized spacial score (nSPS) is 14.8. The number of halogens is 1. The van der Waals surface area contributed by atoms with Crippen LogP contribution >= 0.6 is 11.6 Å². The fourth-order valence-electron chi connectivity index (χ4n) is 1.92. The smallest absolute Gasteiger partial charge is 0.224 e. The van der Waals surface area contributed by atoms with Gasteiger partial charge in [0.05, 0.1) is 11.9 Å². The number of anilines is 2. The SMILES string of the molecule is Nc1cnc(Cl)nc1NCCC(=O)N1CCCC1. The zero-order chi connectivity index (χ0) is 13.0. The molecule has 0 aromatic carbocycles. The van der Waals surface area contributed by atoms with E-state index in [1.54, 1.807) is 0 Å². The third-order valence-corrected chi connectivity index (χ3v) is 3.06. The van der Waals surface area contributed by atoms with Crippen molar-refractivity contribution in [3.8, 4) is 0 Å². The Morgan fingerprint density at radius 2 is 2.22 bits per heavy atom. The molecule has 2 heterocycles. The molecule has 1 amide bonds. The van der Waals surface area contributed by atoms with Gasteiger partial charge in [0.15, 0.2) is 5.82 Å². The fraction of sp³-hybridized carbons (Fsp3) is 0.545. The number of aromatic nitrogens is 2. The maximum absolute atomic E-state index is 11.8. The van der Waals surface area contributed by atoms with Crippen molar-refractivity contribution in [2.45, 2.75) is 19.3 Å². The first-order chi connectivity index (χ1) is 8.66. The molecule has 2 rings (SSSR count). The maximum atomic E-state index is 11.8. The van der Waals surface area contributed by atoms with Gasteiger partial charge in [-0.05, 0) is 24.4 Å². The molecule has 0 unspecified atom stereocenters. The van der Waals surface area contributed by atoms with Gasteiger partial charge in [0.2, 0.25) is 11.2 Å². The molecule has 0 saturated carbocycles. The zero-order valence-electron chi connectivity index (χ0n) is 10.0. The Labute approximate surface area is 111 Å². The molecule has 6 nitrogen and oxygen atoms in total. The number of likely N-dealkylation sites (tertiary alicyclic amines) is 1. The molecule has 0 spiro atoms. The van der Waals surface area contributed by atoms with Gasteiger partial charge in [-0.15, -0.1) is 0 Å². The van der Waals surface area contributed by atoms with E-state index in [9.17, 15) is 4.79 Å². The van der Waals surface area contributed by atoms with Crippen LogP contribution in [0.15, 0.2) is 6.20 Å². The molecule has 1 aromatic rings. The van der Waals surface area contributed by atoms with E-state index < -0.39 is 0 Å². The first-order valence-corrected chi connectivity index (χ1v) is 6.34. The van der Waals surface area contributed by atoms with E-state index in [1.165, 1.54) is 6.20 Å². The molecule has 1 aliphatic rings. The van der Waals surface area contributed by atoms with E-state index >= 15 is 0 Å². The first kappa shape index (κ1) is 12.9. The topological polar surface area (TPSA) is 84.1 Å². The monoisotopic (exact) mass is 269 g/mol. The zero-order valence-corrected chi connectivity index (χ0v) is 10.8.